The standard InChI is InChI=1S/C18H30N4.HI/c1-22(2)17(15-10-6-5-7-11-15)14-20-18(19)21-16-12-8-3-4-9-13-16;/h5-7,10-11,16-17H,3-4,8-9,12-14H2,1-2H3,(H3,19,20,21);1H. The molecule has 2 rings (SSSR count). The van der Waals surface area contributed by atoms with E-state index < -0.39 is 0 Å². The topological polar surface area (TPSA) is 53.6 Å². The van der Waals surface area contributed by atoms with Gasteiger partial charge < -0.3 is 16.0 Å². The van der Waals surface area contributed by atoms with Gasteiger partial charge in [-0.15, -0.1) is 24.0 Å². The summed E-state index contributed by atoms with van der Waals surface area (Å²) in [6.07, 6.45) is 7.74. The fourth-order valence-electron chi connectivity index (χ4n) is 3.11. The zero-order valence-electron chi connectivity index (χ0n) is 14.4. The van der Waals surface area contributed by atoms with E-state index in [9.17, 15) is 0 Å². The van der Waals surface area contributed by atoms with E-state index in [1.807, 2.05) is 6.07 Å². The van der Waals surface area contributed by atoms with Gasteiger partial charge in [0, 0.05) is 6.04 Å². The number of guanidine groups is 1. The number of nitrogens with one attached hydrogen (secondary N) is 1. The maximum atomic E-state index is 6.10. The third-order valence-electron chi connectivity index (χ3n) is 4.45. The average Bonchev–Trinajstić information content (AvgIpc) is 2.77. The van der Waals surface area contributed by atoms with Crippen LogP contribution in [0.15, 0.2) is 35.3 Å². The molecule has 0 heterocycles. The van der Waals surface area contributed by atoms with Crippen molar-refractivity contribution in [2.24, 2.45) is 10.7 Å². The summed E-state index contributed by atoms with van der Waals surface area (Å²) in [4.78, 5) is 6.78. The van der Waals surface area contributed by atoms with Crippen LogP contribution in [-0.2, 0) is 0 Å². The second-order valence-electron chi connectivity index (χ2n) is 6.45. The molecule has 0 aromatic heterocycles. The van der Waals surface area contributed by atoms with Gasteiger partial charge in [-0.05, 0) is 32.5 Å². The first-order chi connectivity index (χ1) is 10.7. The highest BCUT2D eigenvalue weighted by Gasteiger charge is 2.15. The summed E-state index contributed by atoms with van der Waals surface area (Å²) < 4.78 is 0. The number of aliphatic imine (C=N–C) groups is 1. The Bertz CT molecular complexity index is 453. The van der Waals surface area contributed by atoms with Crippen LogP contribution in [0.5, 0.6) is 0 Å². The number of benzene rings is 1. The zero-order valence-corrected chi connectivity index (χ0v) is 16.7. The minimum atomic E-state index is 0. The molecule has 1 aromatic rings. The molecular formula is C18H31IN4. The maximum absolute atomic E-state index is 6.10. The maximum Gasteiger partial charge on any atom is 0.188 e. The van der Waals surface area contributed by atoms with Crippen LogP contribution in [-0.4, -0.2) is 37.5 Å². The fourth-order valence-corrected chi connectivity index (χ4v) is 3.11. The number of halogens is 1. The van der Waals surface area contributed by atoms with Crippen LogP contribution in [0.1, 0.15) is 50.1 Å². The lowest BCUT2D eigenvalue weighted by atomic mass is 10.1. The molecule has 1 fully saturated rings. The number of rotatable bonds is 5. The summed E-state index contributed by atoms with van der Waals surface area (Å²) in [5.41, 5.74) is 7.38. The van der Waals surface area contributed by atoms with Crippen molar-refractivity contribution in [3.63, 3.8) is 0 Å². The lowest BCUT2D eigenvalue weighted by Crippen LogP contribution is -2.40. The molecule has 130 valence electrons. The van der Waals surface area contributed by atoms with E-state index in [2.05, 4.69) is 53.6 Å². The molecule has 1 aliphatic carbocycles. The van der Waals surface area contributed by atoms with Crippen molar-refractivity contribution in [3.8, 4) is 0 Å². The van der Waals surface area contributed by atoms with E-state index in [4.69, 9.17) is 5.73 Å². The Labute approximate surface area is 157 Å². The molecule has 0 saturated heterocycles. The molecule has 23 heavy (non-hydrogen) atoms. The van der Waals surface area contributed by atoms with Crippen LogP contribution >= 0.6 is 24.0 Å². The third-order valence-corrected chi connectivity index (χ3v) is 4.45. The van der Waals surface area contributed by atoms with Gasteiger partial charge in [0.05, 0.1) is 12.6 Å². The molecule has 0 amide bonds. The highest BCUT2D eigenvalue weighted by molar-refractivity contribution is 14.0. The molecule has 0 spiro atoms. The quantitative estimate of drug-likeness (QED) is 0.325. The van der Waals surface area contributed by atoms with Crippen molar-refractivity contribution in [1.82, 2.24) is 10.2 Å². The third kappa shape index (κ3) is 7.08. The van der Waals surface area contributed by atoms with E-state index in [1.54, 1.807) is 0 Å². The summed E-state index contributed by atoms with van der Waals surface area (Å²) >= 11 is 0. The smallest absolute Gasteiger partial charge is 0.188 e. The van der Waals surface area contributed by atoms with Crippen molar-refractivity contribution in [2.75, 3.05) is 20.6 Å². The van der Waals surface area contributed by atoms with Crippen molar-refractivity contribution in [2.45, 2.75) is 50.6 Å². The molecule has 1 atom stereocenters. The van der Waals surface area contributed by atoms with Crippen molar-refractivity contribution in [1.29, 1.82) is 0 Å². The molecule has 5 heteroatoms. The van der Waals surface area contributed by atoms with E-state index in [0.717, 1.165) is 0 Å². The first-order valence-electron chi connectivity index (χ1n) is 8.44. The highest BCUT2D eigenvalue weighted by atomic mass is 127. The Kier molecular flexibility index (Phi) is 9.55. The van der Waals surface area contributed by atoms with Crippen molar-refractivity contribution < 1.29 is 0 Å². The molecule has 3 N–H and O–H groups in total. The summed E-state index contributed by atoms with van der Waals surface area (Å²) in [7, 11) is 4.17. The lowest BCUT2D eigenvalue weighted by molar-refractivity contribution is 0.306. The van der Waals surface area contributed by atoms with Crippen molar-refractivity contribution >= 4 is 29.9 Å². The molecule has 4 nitrogen and oxygen atoms in total. The minimum Gasteiger partial charge on any atom is -0.370 e. The van der Waals surface area contributed by atoms with Gasteiger partial charge in [0.25, 0.3) is 0 Å². The van der Waals surface area contributed by atoms with Crippen LogP contribution in [0, 0.1) is 0 Å². The van der Waals surface area contributed by atoms with Gasteiger partial charge in [-0.3, -0.25) is 4.99 Å². The van der Waals surface area contributed by atoms with Gasteiger partial charge in [-0.2, -0.15) is 0 Å². The van der Waals surface area contributed by atoms with Crippen LogP contribution in [0.2, 0.25) is 0 Å². The number of hydrogen-bond donors (Lipinski definition) is 2. The number of likely N-dealkylation sites (N-methyl/N-ethyl adjacent to an activating group) is 1. The van der Waals surface area contributed by atoms with Crippen LogP contribution < -0.4 is 11.1 Å². The van der Waals surface area contributed by atoms with Crippen molar-refractivity contribution in [3.05, 3.63) is 35.9 Å². The molecule has 1 aromatic carbocycles. The number of nitrogens with two attached hydrogens (primary N) is 1. The lowest BCUT2D eigenvalue weighted by Gasteiger charge is -2.24. The van der Waals surface area contributed by atoms with Gasteiger partial charge in [-0.1, -0.05) is 56.0 Å². The zero-order chi connectivity index (χ0) is 15.8. The summed E-state index contributed by atoms with van der Waals surface area (Å²) in [5.74, 6) is 0.592. The normalized spacial score (nSPS) is 18.1. The molecule has 0 bridgehead atoms. The van der Waals surface area contributed by atoms with Gasteiger partial charge >= 0.3 is 0 Å². The fraction of sp³-hybridized carbons (Fsp3) is 0.611. The highest BCUT2D eigenvalue weighted by Crippen LogP contribution is 2.19. The second kappa shape index (κ2) is 10.9. The number of nitrogens with zero attached hydrogens (tertiary/aromatic N) is 2. The van der Waals surface area contributed by atoms with E-state index in [1.165, 1.54) is 44.1 Å². The van der Waals surface area contributed by atoms with Gasteiger partial charge in [0.15, 0.2) is 5.96 Å². The van der Waals surface area contributed by atoms with Crippen LogP contribution in [0.3, 0.4) is 0 Å². The van der Waals surface area contributed by atoms with Crippen LogP contribution in [0.25, 0.3) is 0 Å². The van der Waals surface area contributed by atoms with Gasteiger partial charge in [0.1, 0.15) is 0 Å². The monoisotopic (exact) mass is 430 g/mol. The van der Waals surface area contributed by atoms with Crippen LogP contribution in [0.4, 0.5) is 0 Å². The van der Waals surface area contributed by atoms with E-state index in [-0.39, 0.29) is 30.0 Å². The summed E-state index contributed by atoms with van der Waals surface area (Å²) in [6.45, 7) is 0.683. The first-order valence-corrected chi connectivity index (χ1v) is 8.44. The SMILES string of the molecule is CN(C)C(CN=C(N)NC1CCCCCC1)c1ccccc1.I. The minimum absolute atomic E-state index is 0. The first kappa shape index (κ1) is 20.2. The Hall–Kier alpha value is -0.820. The summed E-state index contributed by atoms with van der Waals surface area (Å²) in [5, 5.41) is 3.41. The van der Waals surface area contributed by atoms with Gasteiger partial charge in [0.2, 0.25) is 0 Å². The molecule has 0 radical (unpaired) electrons. The largest absolute Gasteiger partial charge is 0.370 e. The average molecular weight is 430 g/mol. The second-order valence-corrected chi connectivity index (χ2v) is 6.45. The Balaban J connectivity index is 0.00000264. The molecule has 1 aliphatic rings. The summed E-state index contributed by atoms with van der Waals surface area (Å²) in [6, 6.07) is 11.2. The predicted molar refractivity (Wildman–Crippen MR) is 109 cm³/mol. The Morgan fingerprint density at radius 2 is 1.78 bits per heavy atom. The molecule has 1 unspecified atom stereocenters. The predicted octanol–water partition coefficient (Wildman–Crippen LogP) is 3.53. The van der Waals surface area contributed by atoms with E-state index in [0.29, 0.717) is 18.5 Å². The molecule has 0 aliphatic heterocycles. The molecular weight excluding hydrogens is 399 g/mol. The Morgan fingerprint density at radius 3 is 2.35 bits per heavy atom. The Morgan fingerprint density at radius 1 is 1.17 bits per heavy atom. The molecule has 1 saturated carbocycles. The number of hydrogen-bond acceptors (Lipinski definition) is 2. The van der Waals surface area contributed by atoms with Gasteiger partial charge in [-0.25, -0.2) is 0 Å². The van der Waals surface area contributed by atoms with E-state index >= 15 is 0 Å².